The lowest BCUT2D eigenvalue weighted by atomic mass is 10.1. The lowest BCUT2D eigenvalue weighted by molar-refractivity contribution is 0.262. The second kappa shape index (κ2) is 5.62. The molecular weight excluding hydrogens is 271 g/mol. The zero-order chi connectivity index (χ0) is 14.9. The maximum absolute atomic E-state index is 13.8. The van der Waals surface area contributed by atoms with E-state index >= 15 is 0 Å². The fourth-order valence-electron chi connectivity index (χ4n) is 1.91. The fourth-order valence-corrected chi connectivity index (χ4v) is 1.91. The normalized spacial score (nSPS) is 11.3. The van der Waals surface area contributed by atoms with Gasteiger partial charge in [-0.3, -0.25) is 0 Å². The monoisotopic (exact) mass is 285 g/mol. The minimum Gasteiger partial charge on any atom is -0.388 e. The number of aliphatic hydroxyl groups excluding tert-OH is 1. The highest BCUT2D eigenvalue weighted by Crippen LogP contribution is 2.25. The number of rotatable bonds is 4. The molecule has 20 heavy (non-hydrogen) atoms. The molecule has 0 saturated carbocycles. The molecule has 2 aromatic rings. The number of nitrogens with zero attached hydrogens (tertiary/aromatic N) is 3. The van der Waals surface area contributed by atoms with E-state index in [1.807, 2.05) is 13.8 Å². The van der Waals surface area contributed by atoms with Crippen LogP contribution in [0.5, 0.6) is 0 Å². The molecule has 108 valence electrons. The number of halogens is 3. The zero-order valence-corrected chi connectivity index (χ0v) is 11.1. The third-order valence-corrected chi connectivity index (χ3v) is 2.79. The maximum Gasteiger partial charge on any atom is 0.195 e. The summed E-state index contributed by atoms with van der Waals surface area (Å²) in [5, 5.41) is 16.7. The van der Waals surface area contributed by atoms with Crippen molar-refractivity contribution in [2.24, 2.45) is 5.92 Å². The molecule has 1 aromatic heterocycles. The maximum atomic E-state index is 13.8. The summed E-state index contributed by atoms with van der Waals surface area (Å²) in [5.74, 6) is -3.62. The summed E-state index contributed by atoms with van der Waals surface area (Å²) in [4.78, 5) is 0. The van der Waals surface area contributed by atoms with E-state index in [2.05, 4.69) is 10.2 Å². The standard InChI is InChI=1S/C13H14F3N3O/c1-7(2)5-19-10(6-20)17-18-13(19)8-3-4-9(14)12(16)11(8)15/h3-4,7,20H,5-6H2,1-2H3. The van der Waals surface area contributed by atoms with Gasteiger partial charge in [0.1, 0.15) is 6.61 Å². The second-order valence-corrected chi connectivity index (χ2v) is 4.83. The Hall–Kier alpha value is -1.89. The van der Waals surface area contributed by atoms with Gasteiger partial charge in [0.2, 0.25) is 0 Å². The first kappa shape index (κ1) is 14.5. The van der Waals surface area contributed by atoms with Gasteiger partial charge in [-0.25, -0.2) is 13.2 Å². The summed E-state index contributed by atoms with van der Waals surface area (Å²) in [6, 6.07) is 1.94. The SMILES string of the molecule is CC(C)Cn1c(CO)nnc1-c1ccc(F)c(F)c1F. The minimum atomic E-state index is -1.55. The van der Waals surface area contributed by atoms with E-state index in [1.54, 1.807) is 0 Å². The van der Waals surface area contributed by atoms with Crippen molar-refractivity contribution < 1.29 is 18.3 Å². The van der Waals surface area contributed by atoms with Crippen molar-refractivity contribution in [3.8, 4) is 11.4 Å². The van der Waals surface area contributed by atoms with Crippen LogP contribution in [0.3, 0.4) is 0 Å². The van der Waals surface area contributed by atoms with Gasteiger partial charge in [0.25, 0.3) is 0 Å². The number of hydrogen-bond donors (Lipinski definition) is 1. The van der Waals surface area contributed by atoms with Crippen LogP contribution in [-0.2, 0) is 13.2 Å². The molecular formula is C13H14F3N3O. The molecule has 0 aliphatic heterocycles. The Morgan fingerprint density at radius 3 is 2.45 bits per heavy atom. The van der Waals surface area contributed by atoms with Gasteiger partial charge in [-0.15, -0.1) is 10.2 Å². The highest BCUT2D eigenvalue weighted by Gasteiger charge is 2.21. The molecule has 0 atom stereocenters. The van der Waals surface area contributed by atoms with Gasteiger partial charge < -0.3 is 9.67 Å². The molecule has 0 aliphatic rings. The third-order valence-electron chi connectivity index (χ3n) is 2.79. The largest absolute Gasteiger partial charge is 0.388 e. The Balaban J connectivity index is 2.58. The van der Waals surface area contributed by atoms with Gasteiger partial charge in [0.05, 0.1) is 5.56 Å². The average Bonchev–Trinajstić information content (AvgIpc) is 2.78. The Kier molecular flexibility index (Phi) is 4.08. The molecule has 1 N–H and O–H groups in total. The molecule has 0 unspecified atom stereocenters. The smallest absolute Gasteiger partial charge is 0.195 e. The number of aromatic nitrogens is 3. The first-order valence-corrected chi connectivity index (χ1v) is 6.12. The predicted molar refractivity (Wildman–Crippen MR) is 66.1 cm³/mol. The molecule has 0 spiro atoms. The molecule has 0 bridgehead atoms. The second-order valence-electron chi connectivity index (χ2n) is 4.83. The van der Waals surface area contributed by atoms with Crippen molar-refractivity contribution in [1.82, 2.24) is 14.8 Å². The van der Waals surface area contributed by atoms with Gasteiger partial charge in [-0.1, -0.05) is 13.8 Å². The first-order valence-electron chi connectivity index (χ1n) is 6.12. The molecule has 1 heterocycles. The first-order chi connectivity index (χ1) is 9.45. The van der Waals surface area contributed by atoms with Crippen molar-refractivity contribution in [2.45, 2.75) is 27.0 Å². The topological polar surface area (TPSA) is 50.9 Å². The van der Waals surface area contributed by atoms with Gasteiger partial charge in [-0.2, -0.15) is 0 Å². The van der Waals surface area contributed by atoms with Crippen LogP contribution in [0.2, 0.25) is 0 Å². The van der Waals surface area contributed by atoms with Crippen LogP contribution in [0.4, 0.5) is 13.2 Å². The van der Waals surface area contributed by atoms with Crippen molar-refractivity contribution >= 4 is 0 Å². The van der Waals surface area contributed by atoms with Gasteiger partial charge in [-0.05, 0) is 18.1 Å². The van der Waals surface area contributed by atoms with Crippen LogP contribution in [0.15, 0.2) is 12.1 Å². The highest BCUT2D eigenvalue weighted by atomic mass is 19.2. The van der Waals surface area contributed by atoms with E-state index in [1.165, 1.54) is 4.57 Å². The van der Waals surface area contributed by atoms with E-state index < -0.39 is 17.5 Å². The molecule has 4 nitrogen and oxygen atoms in total. The van der Waals surface area contributed by atoms with Crippen molar-refractivity contribution in [3.63, 3.8) is 0 Å². The van der Waals surface area contributed by atoms with Crippen LogP contribution in [0.1, 0.15) is 19.7 Å². The zero-order valence-electron chi connectivity index (χ0n) is 11.1. The lowest BCUT2D eigenvalue weighted by Crippen LogP contribution is -2.11. The predicted octanol–water partition coefficient (Wildman–Crippen LogP) is 2.51. The van der Waals surface area contributed by atoms with E-state index in [9.17, 15) is 18.3 Å². The molecule has 7 heteroatoms. The molecule has 0 fully saturated rings. The van der Waals surface area contributed by atoms with Crippen LogP contribution in [-0.4, -0.2) is 19.9 Å². The summed E-state index contributed by atoms with van der Waals surface area (Å²) in [6.45, 7) is 3.90. The molecule has 2 rings (SSSR count). The Bertz CT molecular complexity index is 626. The van der Waals surface area contributed by atoms with Crippen molar-refractivity contribution in [1.29, 1.82) is 0 Å². The van der Waals surface area contributed by atoms with Crippen LogP contribution in [0, 0.1) is 23.4 Å². The van der Waals surface area contributed by atoms with Gasteiger partial charge in [0.15, 0.2) is 29.1 Å². The van der Waals surface area contributed by atoms with Crippen LogP contribution < -0.4 is 0 Å². The third kappa shape index (κ3) is 2.53. The van der Waals surface area contributed by atoms with E-state index in [0.29, 0.717) is 6.54 Å². The molecule has 1 aromatic carbocycles. The Morgan fingerprint density at radius 1 is 1.15 bits per heavy atom. The summed E-state index contributed by atoms with van der Waals surface area (Å²) < 4.78 is 41.6. The summed E-state index contributed by atoms with van der Waals surface area (Å²) in [5.41, 5.74) is -0.184. The molecule has 0 aliphatic carbocycles. The molecule has 0 radical (unpaired) electrons. The Morgan fingerprint density at radius 2 is 1.85 bits per heavy atom. The van der Waals surface area contributed by atoms with Crippen LogP contribution in [0.25, 0.3) is 11.4 Å². The summed E-state index contributed by atoms with van der Waals surface area (Å²) in [7, 11) is 0. The average molecular weight is 285 g/mol. The quantitative estimate of drug-likeness (QED) is 0.878. The number of hydrogen-bond acceptors (Lipinski definition) is 3. The number of aliphatic hydroxyl groups is 1. The van der Waals surface area contributed by atoms with E-state index in [-0.39, 0.29) is 29.7 Å². The summed E-state index contributed by atoms with van der Waals surface area (Å²) in [6.07, 6.45) is 0. The Labute approximate surface area is 113 Å². The molecule has 0 saturated heterocycles. The summed E-state index contributed by atoms with van der Waals surface area (Å²) >= 11 is 0. The van der Waals surface area contributed by atoms with Gasteiger partial charge in [0, 0.05) is 6.54 Å². The van der Waals surface area contributed by atoms with E-state index in [4.69, 9.17) is 0 Å². The van der Waals surface area contributed by atoms with Gasteiger partial charge >= 0.3 is 0 Å². The van der Waals surface area contributed by atoms with Crippen LogP contribution >= 0.6 is 0 Å². The van der Waals surface area contributed by atoms with Crippen molar-refractivity contribution in [3.05, 3.63) is 35.4 Å². The van der Waals surface area contributed by atoms with E-state index in [0.717, 1.165) is 12.1 Å². The van der Waals surface area contributed by atoms with Crippen molar-refractivity contribution in [2.75, 3.05) is 0 Å². The highest BCUT2D eigenvalue weighted by molar-refractivity contribution is 5.56. The fraction of sp³-hybridized carbons (Fsp3) is 0.385. The lowest BCUT2D eigenvalue weighted by Gasteiger charge is -2.12. The number of benzene rings is 1. The minimum absolute atomic E-state index is 0.0687. The molecule has 0 amide bonds.